The van der Waals surface area contributed by atoms with Gasteiger partial charge in [-0.2, -0.15) is 0 Å². The van der Waals surface area contributed by atoms with E-state index in [1.807, 2.05) is 13.8 Å². The van der Waals surface area contributed by atoms with Crippen molar-refractivity contribution in [1.82, 2.24) is 10.6 Å². The fraction of sp³-hybridized carbons (Fsp3) is 0.467. The Morgan fingerprint density at radius 2 is 1.62 bits per heavy atom. The van der Waals surface area contributed by atoms with E-state index < -0.39 is 0 Å². The van der Waals surface area contributed by atoms with Crippen LogP contribution in [-0.2, 0) is 4.79 Å². The van der Waals surface area contributed by atoms with Gasteiger partial charge in [0.05, 0.1) is 13.2 Å². The fourth-order valence-electron chi connectivity index (χ4n) is 1.71. The smallest absolute Gasteiger partial charge is 0.251 e. The molecule has 2 amide bonds. The first-order valence-corrected chi connectivity index (χ1v) is 7.00. The average Bonchev–Trinajstić information content (AvgIpc) is 2.45. The van der Waals surface area contributed by atoms with Crippen LogP contribution >= 0.6 is 0 Å². The van der Waals surface area contributed by atoms with Crippen molar-refractivity contribution in [2.45, 2.75) is 20.8 Å². The van der Waals surface area contributed by atoms with Gasteiger partial charge in [0.25, 0.3) is 5.91 Å². The molecule has 0 aliphatic rings. The van der Waals surface area contributed by atoms with Gasteiger partial charge in [0.1, 0.15) is 0 Å². The molecule has 1 aromatic rings. The fourth-order valence-corrected chi connectivity index (χ4v) is 1.71. The van der Waals surface area contributed by atoms with Gasteiger partial charge in [-0.1, -0.05) is 0 Å². The molecule has 0 aliphatic carbocycles. The molecule has 1 rings (SSSR count). The second-order valence-electron chi connectivity index (χ2n) is 4.27. The first kappa shape index (κ1) is 16.8. The Balaban J connectivity index is 2.66. The van der Waals surface area contributed by atoms with Gasteiger partial charge in [-0.05, 0) is 32.0 Å². The summed E-state index contributed by atoms with van der Waals surface area (Å²) in [6.07, 6.45) is 0. The molecule has 0 aliphatic heterocycles. The van der Waals surface area contributed by atoms with Crippen molar-refractivity contribution in [3.63, 3.8) is 0 Å². The summed E-state index contributed by atoms with van der Waals surface area (Å²) in [7, 11) is 0. The van der Waals surface area contributed by atoms with Gasteiger partial charge < -0.3 is 20.1 Å². The molecule has 0 aromatic heterocycles. The highest BCUT2D eigenvalue weighted by molar-refractivity contribution is 5.94. The van der Waals surface area contributed by atoms with Crippen molar-refractivity contribution in [2.75, 3.05) is 26.3 Å². The van der Waals surface area contributed by atoms with E-state index in [1.165, 1.54) is 6.92 Å². The predicted molar refractivity (Wildman–Crippen MR) is 79.8 cm³/mol. The molecule has 21 heavy (non-hydrogen) atoms. The van der Waals surface area contributed by atoms with E-state index in [2.05, 4.69) is 10.6 Å². The van der Waals surface area contributed by atoms with Gasteiger partial charge in [-0.25, -0.2) is 0 Å². The monoisotopic (exact) mass is 294 g/mol. The molecule has 0 atom stereocenters. The molecule has 0 unspecified atom stereocenters. The average molecular weight is 294 g/mol. The molecular weight excluding hydrogens is 272 g/mol. The minimum absolute atomic E-state index is 0.121. The molecule has 116 valence electrons. The van der Waals surface area contributed by atoms with Crippen molar-refractivity contribution in [3.8, 4) is 11.5 Å². The van der Waals surface area contributed by atoms with Crippen molar-refractivity contribution >= 4 is 11.8 Å². The van der Waals surface area contributed by atoms with Crippen LogP contribution in [-0.4, -0.2) is 38.1 Å². The van der Waals surface area contributed by atoms with E-state index >= 15 is 0 Å². The number of nitrogens with one attached hydrogen (secondary N) is 2. The van der Waals surface area contributed by atoms with Crippen molar-refractivity contribution in [2.24, 2.45) is 0 Å². The maximum atomic E-state index is 12.0. The molecule has 6 nitrogen and oxygen atoms in total. The first-order chi connectivity index (χ1) is 10.1. The van der Waals surface area contributed by atoms with Crippen LogP contribution < -0.4 is 20.1 Å². The number of benzene rings is 1. The molecule has 0 spiro atoms. The summed E-state index contributed by atoms with van der Waals surface area (Å²) in [5.41, 5.74) is 0.490. The summed E-state index contributed by atoms with van der Waals surface area (Å²) in [4.78, 5) is 22.7. The minimum Gasteiger partial charge on any atom is -0.490 e. The number of hydrogen-bond acceptors (Lipinski definition) is 4. The third-order valence-electron chi connectivity index (χ3n) is 2.59. The van der Waals surface area contributed by atoms with Crippen LogP contribution in [0.2, 0.25) is 0 Å². The topological polar surface area (TPSA) is 76.7 Å². The third-order valence-corrected chi connectivity index (χ3v) is 2.59. The molecule has 0 bridgehead atoms. The summed E-state index contributed by atoms with van der Waals surface area (Å²) in [5, 5.41) is 5.34. The molecular formula is C15H22N2O4. The van der Waals surface area contributed by atoms with Gasteiger partial charge in [-0.3, -0.25) is 9.59 Å². The van der Waals surface area contributed by atoms with E-state index in [0.717, 1.165) is 0 Å². The zero-order valence-corrected chi connectivity index (χ0v) is 12.7. The van der Waals surface area contributed by atoms with Crippen LogP contribution in [0.4, 0.5) is 0 Å². The maximum Gasteiger partial charge on any atom is 0.251 e. The van der Waals surface area contributed by atoms with E-state index in [1.54, 1.807) is 18.2 Å². The summed E-state index contributed by atoms with van der Waals surface area (Å²) >= 11 is 0. The number of amides is 2. The van der Waals surface area contributed by atoms with E-state index in [0.29, 0.717) is 43.4 Å². The number of carbonyl (C=O) groups is 2. The number of carbonyl (C=O) groups excluding carboxylic acids is 2. The van der Waals surface area contributed by atoms with E-state index in [4.69, 9.17) is 9.47 Å². The lowest BCUT2D eigenvalue weighted by Gasteiger charge is -2.12. The van der Waals surface area contributed by atoms with Crippen LogP contribution in [0.1, 0.15) is 31.1 Å². The number of ether oxygens (including phenoxy) is 2. The van der Waals surface area contributed by atoms with Gasteiger partial charge in [0.15, 0.2) is 11.5 Å². The van der Waals surface area contributed by atoms with Crippen LogP contribution in [0, 0.1) is 0 Å². The molecule has 0 saturated heterocycles. The zero-order chi connectivity index (χ0) is 15.7. The van der Waals surface area contributed by atoms with Gasteiger partial charge in [0, 0.05) is 25.6 Å². The van der Waals surface area contributed by atoms with Gasteiger partial charge in [0.2, 0.25) is 5.91 Å². The highest BCUT2D eigenvalue weighted by Crippen LogP contribution is 2.28. The van der Waals surface area contributed by atoms with Gasteiger partial charge >= 0.3 is 0 Å². The highest BCUT2D eigenvalue weighted by Gasteiger charge is 2.11. The predicted octanol–water partition coefficient (Wildman–Crippen LogP) is 1.35. The highest BCUT2D eigenvalue weighted by atomic mass is 16.5. The zero-order valence-electron chi connectivity index (χ0n) is 12.7. The largest absolute Gasteiger partial charge is 0.490 e. The molecule has 2 N–H and O–H groups in total. The van der Waals surface area contributed by atoms with Crippen molar-refractivity contribution in [1.29, 1.82) is 0 Å². The molecule has 0 saturated carbocycles. The van der Waals surface area contributed by atoms with Crippen LogP contribution in [0.3, 0.4) is 0 Å². The Kier molecular flexibility index (Phi) is 7.08. The molecule has 6 heteroatoms. The summed E-state index contributed by atoms with van der Waals surface area (Å²) in [5.74, 6) is 0.830. The Labute approximate surface area is 124 Å². The molecule has 0 radical (unpaired) electrons. The Morgan fingerprint density at radius 3 is 2.24 bits per heavy atom. The molecule has 1 aromatic carbocycles. The SMILES string of the molecule is CCOc1ccc(C(=O)NCCNC(C)=O)cc1OCC. The lowest BCUT2D eigenvalue weighted by atomic mass is 10.2. The van der Waals surface area contributed by atoms with Crippen LogP contribution in [0.25, 0.3) is 0 Å². The first-order valence-electron chi connectivity index (χ1n) is 7.00. The minimum atomic E-state index is -0.218. The lowest BCUT2D eigenvalue weighted by molar-refractivity contribution is -0.118. The van der Waals surface area contributed by atoms with E-state index in [-0.39, 0.29) is 11.8 Å². The quantitative estimate of drug-likeness (QED) is 0.710. The van der Waals surface area contributed by atoms with Crippen LogP contribution in [0.5, 0.6) is 11.5 Å². The second-order valence-corrected chi connectivity index (χ2v) is 4.27. The Morgan fingerprint density at radius 1 is 1.00 bits per heavy atom. The second kappa shape index (κ2) is 8.84. The third kappa shape index (κ3) is 5.72. The van der Waals surface area contributed by atoms with Gasteiger partial charge in [-0.15, -0.1) is 0 Å². The van der Waals surface area contributed by atoms with E-state index in [9.17, 15) is 9.59 Å². The molecule has 0 fully saturated rings. The summed E-state index contributed by atoms with van der Waals surface area (Å²) in [6, 6.07) is 5.06. The molecule has 0 heterocycles. The Bertz CT molecular complexity index is 489. The van der Waals surface area contributed by atoms with Crippen LogP contribution in [0.15, 0.2) is 18.2 Å². The summed E-state index contributed by atoms with van der Waals surface area (Å²) < 4.78 is 10.9. The summed E-state index contributed by atoms with van der Waals surface area (Å²) in [6.45, 7) is 6.99. The number of hydrogen-bond donors (Lipinski definition) is 2. The van der Waals surface area contributed by atoms with Crippen molar-refractivity contribution < 1.29 is 19.1 Å². The number of rotatable bonds is 8. The maximum absolute atomic E-state index is 12.0. The normalized spacial score (nSPS) is 9.86. The Hall–Kier alpha value is -2.24. The van der Waals surface area contributed by atoms with Crippen molar-refractivity contribution in [3.05, 3.63) is 23.8 Å². The lowest BCUT2D eigenvalue weighted by Crippen LogP contribution is -2.33. The standard InChI is InChI=1S/C15H22N2O4/c1-4-20-13-7-6-12(10-14(13)21-5-2)15(19)17-9-8-16-11(3)18/h6-7,10H,4-5,8-9H2,1-3H3,(H,16,18)(H,17,19).